The summed E-state index contributed by atoms with van der Waals surface area (Å²) in [5, 5.41) is 8.91. The van der Waals surface area contributed by atoms with Gasteiger partial charge in [-0.3, -0.25) is 9.88 Å². The minimum atomic E-state index is -0.0135. The molecule has 1 atom stereocenters. The lowest BCUT2D eigenvalue weighted by Crippen LogP contribution is -2.47. The topological polar surface area (TPSA) is 65.6 Å². The van der Waals surface area contributed by atoms with E-state index in [0.717, 1.165) is 44.1 Å². The summed E-state index contributed by atoms with van der Waals surface area (Å²) in [5.41, 5.74) is 7.87. The summed E-state index contributed by atoms with van der Waals surface area (Å²) < 4.78 is 0. The lowest BCUT2D eigenvalue weighted by molar-refractivity contribution is 0.189. The summed E-state index contributed by atoms with van der Waals surface area (Å²) in [6.07, 6.45) is 1.90. The number of hydrogen-bond acceptors (Lipinski definition) is 5. The van der Waals surface area contributed by atoms with Gasteiger partial charge in [0.1, 0.15) is 0 Å². The average Bonchev–Trinajstić information content (AvgIpc) is 2.40. The van der Waals surface area contributed by atoms with Crippen molar-refractivity contribution in [2.75, 3.05) is 44.2 Å². The van der Waals surface area contributed by atoms with Gasteiger partial charge in [-0.15, -0.1) is 0 Å². The molecule has 1 saturated heterocycles. The number of hydrogen-bond donors (Lipinski definition) is 2. The summed E-state index contributed by atoms with van der Waals surface area (Å²) in [4.78, 5) is 8.99. The van der Waals surface area contributed by atoms with Crippen molar-refractivity contribution in [1.29, 1.82) is 0 Å². The van der Waals surface area contributed by atoms with Crippen molar-refractivity contribution in [1.82, 2.24) is 9.88 Å². The maximum atomic E-state index is 8.91. The Hall–Kier alpha value is -1.17. The first-order valence-corrected chi connectivity index (χ1v) is 6.50. The van der Waals surface area contributed by atoms with Crippen LogP contribution in [0.25, 0.3) is 0 Å². The number of pyridine rings is 1. The second-order valence-electron chi connectivity index (χ2n) is 4.78. The van der Waals surface area contributed by atoms with Crippen LogP contribution >= 0.6 is 0 Å². The molecule has 18 heavy (non-hydrogen) atoms. The van der Waals surface area contributed by atoms with Gasteiger partial charge in [0.25, 0.3) is 0 Å². The standard InChI is InChI=1S/C13H22N4O/c1-11(14)13-3-2-12(10-15-13)17-6-4-16(5-7-17)8-9-18/h2-3,10-11,18H,4-9,14H2,1H3/t11-/m1/s1. The van der Waals surface area contributed by atoms with Crippen LogP contribution in [0.5, 0.6) is 0 Å². The quantitative estimate of drug-likeness (QED) is 0.800. The van der Waals surface area contributed by atoms with E-state index in [1.54, 1.807) is 0 Å². The van der Waals surface area contributed by atoms with Gasteiger partial charge in [0.2, 0.25) is 0 Å². The molecule has 0 amide bonds. The number of aliphatic hydroxyl groups excluding tert-OH is 1. The van der Waals surface area contributed by atoms with Crippen molar-refractivity contribution in [3.05, 3.63) is 24.0 Å². The predicted molar refractivity (Wildman–Crippen MR) is 72.6 cm³/mol. The number of aliphatic hydroxyl groups is 1. The van der Waals surface area contributed by atoms with E-state index in [0.29, 0.717) is 0 Å². The van der Waals surface area contributed by atoms with Gasteiger partial charge in [-0.1, -0.05) is 0 Å². The Balaban J connectivity index is 1.93. The van der Waals surface area contributed by atoms with Crippen LogP contribution in [0.2, 0.25) is 0 Å². The fraction of sp³-hybridized carbons (Fsp3) is 0.615. The molecule has 1 fully saturated rings. The van der Waals surface area contributed by atoms with Gasteiger partial charge in [0.05, 0.1) is 24.2 Å². The summed E-state index contributed by atoms with van der Waals surface area (Å²) >= 11 is 0. The first kappa shape index (κ1) is 13.3. The van der Waals surface area contributed by atoms with Crippen molar-refractivity contribution < 1.29 is 5.11 Å². The Morgan fingerprint density at radius 3 is 2.56 bits per heavy atom. The molecule has 0 saturated carbocycles. The smallest absolute Gasteiger partial charge is 0.0569 e. The molecule has 0 radical (unpaired) electrons. The van der Waals surface area contributed by atoms with Gasteiger partial charge in [-0.2, -0.15) is 0 Å². The van der Waals surface area contributed by atoms with Crippen molar-refractivity contribution >= 4 is 5.69 Å². The Bertz CT molecular complexity index is 358. The third-order valence-corrected chi connectivity index (χ3v) is 3.39. The van der Waals surface area contributed by atoms with Crippen LogP contribution in [-0.2, 0) is 0 Å². The highest BCUT2D eigenvalue weighted by Crippen LogP contribution is 2.17. The van der Waals surface area contributed by atoms with E-state index in [-0.39, 0.29) is 12.6 Å². The molecule has 1 aliphatic heterocycles. The third-order valence-electron chi connectivity index (χ3n) is 3.39. The molecule has 0 unspecified atom stereocenters. The van der Waals surface area contributed by atoms with E-state index in [1.807, 2.05) is 19.2 Å². The molecular formula is C13H22N4O. The number of aromatic nitrogens is 1. The van der Waals surface area contributed by atoms with Gasteiger partial charge in [-0.25, -0.2) is 0 Å². The number of rotatable bonds is 4. The second kappa shape index (κ2) is 6.13. The zero-order valence-electron chi connectivity index (χ0n) is 10.9. The summed E-state index contributed by atoms with van der Waals surface area (Å²) in [6, 6.07) is 4.08. The molecule has 1 aromatic rings. The number of nitrogens with zero attached hydrogens (tertiary/aromatic N) is 3. The Labute approximate surface area is 108 Å². The maximum Gasteiger partial charge on any atom is 0.0569 e. The van der Waals surface area contributed by atoms with Gasteiger partial charge in [0, 0.05) is 38.8 Å². The molecule has 5 nitrogen and oxygen atoms in total. The molecule has 0 aromatic carbocycles. The van der Waals surface area contributed by atoms with Crippen LogP contribution in [0.3, 0.4) is 0 Å². The zero-order valence-corrected chi connectivity index (χ0v) is 10.9. The van der Waals surface area contributed by atoms with Gasteiger partial charge in [-0.05, 0) is 19.1 Å². The van der Waals surface area contributed by atoms with Crippen molar-refractivity contribution in [3.63, 3.8) is 0 Å². The van der Waals surface area contributed by atoms with Crippen molar-refractivity contribution in [2.24, 2.45) is 5.73 Å². The summed E-state index contributed by atoms with van der Waals surface area (Å²) in [7, 11) is 0. The van der Waals surface area contributed by atoms with E-state index in [4.69, 9.17) is 10.8 Å². The van der Waals surface area contributed by atoms with Crippen LogP contribution in [-0.4, -0.2) is 54.3 Å². The fourth-order valence-corrected chi connectivity index (χ4v) is 2.23. The third kappa shape index (κ3) is 3.19. The van der Waals surface area contributed by atoms with Crippen molar-refractivity contribution in [3.8, 4) is 0 Å². The van der Waals surface area contributed by atoms with Gasteiger partial charge < -0.3 is 15.7 Å². The summed E-state index contributed by atoms with van der Waals surface area (Å²) in [5.74, 6) is 0. The molecule has 100 valence electrons. The highest BCUT2D eigenvalue weighted by atomic mass is 16.3. The Morgan fingerprint density at radius 2 is 2.06 bits per heavy atom. The van der Waals surface area contributed by atoms with Crippen LogP contribution in [0.15, 0.2) is 18.3 Å². The highest BCUT2D eigenvalue weighted by Gasteiger charge is 2.16. The first-order valence-electron chi connectivity index (χ1n) is 6.50. The van der Waals surface area contributed by atoms with E-state index >= 15 is 0 Å². The highest BCUT2D eigenvalue weighted by molar-refractivity contribution is 5.45. The van der Waals surface area contributed by atoms with Crippen LogP contribution < -0.4 is 10.6 Å². The van der Waals surface area contributed by atoms with E-state index in [2.05, 4.69) is 20.9 Å². The monoisotopic (exact) mass is 250 g/mol. The summed E-state index contributed by atoms with van der Waals surface area (Å²) in [6.45, 7) is 6.92. The van der Waals surface area contributed by atoms with Crippen molar-refractivity contribution in [2.45, 2.75) is 13.0 Å². The molecular weight excluding hydrogens is 228 g/mol. The fourth-order valence-electron chi connectivity index (χ4n) is 2.23. The lowest BCUT2D eigenvalue weighted by atomic mass is 10.2. The molecule has 1 aromatic heterocycles. The van der Waals surface area contributed by atoms with Crippen LogP contribution in [0, 0.1) is 0 Å². The molecule has 5 heteroatoms. The van der Waals surface area contributed by atoms with Gasteiger partial charge >= 0.3 is 0 Å². The first-order chi connectivity index (χ1) is 8.70. The molecule has 2 heterocycles. The SMILES string of the molecule is C[C@@H](N)c1ccc(N2CCN(CCO)CC2)cn1. The maximum absolute atomic E-state index is 8.91. The van der Waals surface area contributed by atoms with Crippen LogP contribution in [0.4, 0.5) is 5.69 Å². The molecule has 0 aliphatic carbocycles. The Kier molecular flexibility index (Phi) is 4.52. The van der Waals surface area contributed by atoms with Gasteiger partial charge in [0.15, 0.2) is 0 Å². The molecule has 0 bridgehead atoms. The van der Waals surface area contributed by atoms with E-state index in [9.17, 15) is 0 Å². The Morgan fingerprint density at radius 1 is 1.33 bits per heavy atom. The zero-order chi connectivity index (χ0) is 13.0. The van der Waals surface area contributed by atoms with E-state index in [1.165, 1.54) is 0 Å². The lowest BCUT2D eigenvalue weighted by Gasteiger charge is -2.35. The minimum absolute atomic E-state index is 0.0135. The minimum Gasteiger partial charge on any atom is -0.395 e. The normalized spacial score (nSPS) is 18.9. The number of β-amino-alcohol motifs (C(OH)–C–C–N with tert-alkyl or cyclic N) is 1. The number of nitrogens with two attached hydrogens (primary N) is 1. The predicted octanol–water partition coefficient (Wildman–Crippen LogP) is 0.216. The molecule has 3 N–H and O–H groups in total. The van der Waals surface area contributed by atoms with Crippen LogP contribution in [0.1, 0.15) is 18.7 Å². The van der Waals surface area contributed by atoms with E-state index < -0.39 is 0 Å². The molecule has 1 aliphatic rings. The number of anilines is 1. The molecule has 0 spiro atoms. The average molecular weight is 250 g/mol. The molecule has 2 rings (SSSR count). The second-order valence-corrected chi connectivity index (χ2v) is 4.78. The largest absolute Gasteiger partial charge is 0.395 e. The number of piperazine rings is 1.